The number of aryl methyl sites for hydroxylation is 3. The molecule has 1 aliphatic carbocycles. The van der Waals surface area contributed by atoms with Crippen molar-refractivity contribution in [3.05, 3.63) is 52.5 Å². The molecule has 3 nitrogen and oxygen atoms in total. The van der Waals surface area contributed by atoms with Gasteiger partial charge in [-0.05, 0) is 55.5 Å². The van der Waals surface area contributed by atoms with E-state index >= 15 is 0 Å². The van der Waals surface area contributed by atoms with Gasteiger partial charge in [-0.25, -0.2) is 9.37 Å². The summed E-state index contributed by atoms with van der Waals surface area (Å²) >= 11 is 5.12. The maximum Gasteiger partial charge on any atom is 0.140 e. The van der Waals surface area contributed by atoms with Gasteiger partial charge in [-0.2, -0.15) is 0 Å². The summed E-state index contributed by atoms with van der Waals surface area (Å²) in [5.41, 5.74) is 10.4. The molecule has 0 unspecified atom stereocenters. The highest BCUT2D eigenvalue weighted by molar-refractivity contribution is 7.80. The quantitative estimate of drug-likeness (QED) is 0.853. The average molecular weight is 301 g/mol. The normalized spacial score (nSPS) is 13.0. The Morgan fingerprint density at radius 3 is 2.90 bits per heavy atom. The van der Waals surface area contributed by atoms with Crippen molar-refractivity contribution in [2.24, 2.45) is 5.73 Å². The molecule has 21 heavy (non-hydrogen) atoms. The monoisotopic (exact) mass is 301 g/mol. The van der Waals surface area contributed by atoms with Crippen LogP contribution in [0.5, 0.6) is 0 Å². The number of fused-ring (bicyclic) bond motifs is 1. The third kappa shape index (κ3) is 2.74. The molecule has 0 bridgehead atoms. The topological polar surface area (TPSA) is 50.9 Å². The Morgan fingerprint density at radius 2 is 2.14 bits per heavy atom. The third-order valence-electron chi connectivity index (χ3n) is 3.77. The van der Waals surface area contributed by atoms with Gasteiger partial charge in [-0.1, -0.05) is 18.3 Å². The van der Waals surface area contributed by atoms with Crippen LogP contribution >= 0.6 is 12.2 Å². The van der Waals surface area contributed by atoms with Crippen LogP contribution in [-0.4, -0.2) is 9.97 Å². The summed E-state index contributed by atoms with van der Waals surface area (Å²) in [7, 11) is 0. The van der Waals surface area contributed by atoms with E-state index in [4.69, 9.17) is 18.0 Å². The van der Waals surface area contributed by atoms with Crippen molar-refractivity contribution < 1.29 is 4.39 Å². The number of benzene rings is 1. The lowest BCUT2D eigenvalue weighted by atomic mass is 10.1. The number of anilines is 2. The second kappa shape index (κ2) is 5.41. The molecular formula is C16H16FN3S. The van der Waals surface area contributed by atoms with Gasteiger partial charge in [0.25, 0.3) is 0 Å². The van der Waals surface area contributed by atoms with Gasteiger partial charge in [0.05, 0.1) is 5.56 Å². The maximum atomic E-state index is 13.4. The zero-order chi connectivity index (χ0) is 15.0. The van der Waals surface area contributed by atoms with Gasteiger partial charge < -0.3 is 11.1 Å². The molecule has 0 spiro atoms. The van der Waals surface area contributed by atoms with Gasteiger partial charge in [0.15, 0.2) is 0 Å². The van der Waals surface area contributed by atoms with Crippen molar-refractivity contribution in [1.29, 1.82) is 0 Å². The molecule has 1 aromatic heterocycles. The summed E-state index contributed by atoms with van der Waals surface area (Å²) in [5, 5.41) is 3.17. The number of aromatic nitrogens is 1. The van der Waals surface area contributed by atoms with E-state index in [9.17, 15) is 4.39 Å². The lowest BCUT2D eigenvalue weighted by molar-refractivity contribution is 0.628. The molecule has 0 saturated carbocycles. The van der Waals surface area contributed by atoms with E-state index in [1.807, 2.05) is 13.0 Å². The van der Waals surface area contributed by atoms with Crippen LogP contribution in [-0.2, 0) is 12.8 Å². The Hall–Kier alpha value is -2.01. The largest absolute Gasteiger partial charge is 0.389 e. The molecule has 0 fully saturated rings. The highest BCUT2D eigenvalue weighted by Crippen LogP contribution is 2.28. The van der Waals surface area contributed by atoms with Gasteiger partial charge >= 0.3 is 0 Å². The minimum absolute atomic E-state index is 0.291. The summed E-state index contributed by atoms with van der Waals surface area (Å²) in [6, 6.07) is 6.62. The Bertz CT molecular complexity index is 728. The summed E-state index contributed by atoms with van der Waals surface area (Å²) in [5.74, 6) is 0.318. The zero-order valence-electron chi connectivity index (χ0n) is 11.7. The standard InChI is InChI=1S/C16H16FN3S/c1-9-5-6-11(17)8-14(9)20-16-12(15(18)21)7-10-3-2-4-13(10)19-16/h5-8H,2-4H2,1H3,(H2,18,21)(H,19,20). The van der Waals surface area contributed by atoms with Crippen LogP contribution in [0.4, 0.5) is 15.9 Å². The number of halogens is 1. The van der Waals surface area contributed by atoms with Crippen molar-refractivity contribution in [2.45, 2.75) is 26.2 Å². The Balaban J connectivity index is 2.05. The molecule has 0 aliphatic heterocycles. The smallest absolute Gasteiger partial charge is 0.140 e. The predicted molar refractivity (Wildman–Crippen MR) is 86.6 cm³/mol. The first kappa shape index (κ1) is 13.9. The van der Waals surface area contributed by atoms with Crippen molar-refractivity contribution >= 4 is 28.7 Å². The molecule has 1 aromatic carbocycles. The summed E-state index contributed by atoms with van der Waals surface area (Å²) < 4.78 is 13.4. The van der Waals surface area contributed by atoms with Crippen molar-refractivity contribution in [3.8, 4) is 0 Å². The second-order valence-electron chi connectivity index (χ2n) is 5.29. The molecule has 0 atom stereocenters. The fraction of sp³-hybridized carbons (Fsp3) is 0.250. The van der Waals surface area contributed by atoms with E-state index in [0.29, 0.717) is 22.1 Å². The molecule has 108 valence electrons. The second-order valence-corrected chi connectivity index (χ2v) is 5.73. The van der Waals surface area contributed by atoms with Gasteiger partial charge in [0.1, 0.15) is 16.6 Å². The number of pyridine rings is 1. The van der Waals surface area contributed by atoms with Crippen molar-refractivity contribution in [3.63, 3.8) is 0 Å². The number of hydrogen-bond donors (Lipinski definition) is 2. The van der Waals surface area contributed by atoms with Crippen LogP contribution in [0.3, 0.4) is 0 Å². The van der Waals surface area contributed by atoms with E-state index in [1.54, 1.807) is 6.07 Å². The highest BCUT2D eigenvalue weighted by atomic mass is 32.1. The number of nitrogens with zero attached hydrogens (tertiary/aromatic N) is 1. The number of nitrogens with one attached hydrogen (secondary N) is 1. The van der Waals surface area contributed by atoms with Crippen LogP contribution < -0.4 is 11.1 Å². The molecule has 0 radical (unpaired) electrons. The molecule has 1 aliphatic rings. The maximum absolute atomic E-state index is 13.4. The molecule has 3 N–H and O–H groups in total. The van der Waals surface area contributed by atoms with Gasteiger partial charge in [0, 0.05) is 11.4 Å². The van der Waals surface area contributed by atoms with Gasteiger partial charge in [-0.15, -0.1) is 0 Å². The first-order valence-electron chi connectivity index (χ1n) is 6.90. The number of nitrogens with two attached hydrogens (primary N) is 1. The van der Waals surface area contributed by atoms with Crippen LogP contribution in [0.1, 0.15) is 28.8 Å². The van der Waals surface area contributed by atoms with Gasteiger partial charge in [-0.3, -0.25) is 0 Å². The van der Waals surface area contributed by atoms with Crippen LogP contribution in [0, 0.1) is 12.7 Å². The predicted octanol–water partition coefficient (Wildman–Crippen LogP) is 3.40. The first-order chi connectivity index (χ1) is 10.0. The molecule has 0 saturated heterocycles. The molecule has 0 amide bonds. The lowest BCUT2D eigenvalue weighted by Gasteiger charge is -2.14. The first-order valence-corrected chi connectivity index (χ1v) is 7.31. The van der Waals surface area contributed by atoms with E-state index in [1.165, 1.54) is 17.7 Å². The van der Waals surface area contributed by atoms with Crippen LogP contribution in [0.15, 0.2) is 24.3 Å². The Kier molecular flexibility index (Phi) is 3.59. The number of hydrogen-bond acceptors (Lipinski definition) is 3. The highest BCUT2D eigenvalue weighted by Gasteiger charge is 2.18. The lowest BCUT2D eigenvalue weighted by Crippen LogP contribution is -2.14. The van der Waals surface area contributed by atoms with Crippen LogP contribution in [0.2, 0.25) is 0 Å². The Labute approximate surface area is 128 Å². The fourth-order valence-corrected chi connectivity index (χ4v) is 2.77. The van der Waals surface area contributed by atoms with Gasteiger partial charge in [0.2, 0.25) is 0 Å². The molecule has 3 rings (SSSR count). The number of thiocarbonyl (C=S) groups is 1. The van der Waals surface area contributed by atoms with E-state index in [2.05, 4.69) is 10.3 Å². The Morgan fingerprint density at radius 1 is 1.33 bits per heavy atom. The summed E-state index contributed by atoms with van der Waals surface area (Å²) in [6.45, 7) is 1.91. The number of rotatable bonds is 3. The molecule has 2 aromatic rings. The summed E-state index contributed by atoms with van der Waals surface area (Å²) in [4.78, 5) is 4.94. The SMILES string of the molecule is Cc1ccc(F)cc1Nc1nc2c(cc1C(N)=S)CCC2. The fourth-order valence-electron chi connectivity index (χ4n) is 2.61. The van der Waals surface area contributed by atoms with E-state index in [-0.39, 0.29) is 5.82 Å². The molecule has 1 heterocycles. The van der Waals surface area contributed by atoms with Crippen molar-refractivity contribution in [1.82, 2.24) is 4.98 Å². The average Bonchev–Trinajstić information content (AvgIpc) is 2.89. The molecular weight excluding hydrogens is 285 g/mol. The minimum atomic E-state index is -0.291. The van der Waals surface area contributed by atoms with Crippen LogP contribution in [0.25, 0.3) is 0 Å². The third-order valence-corrected chi connectivity index (χ3v) is 3.99. The minimum Gasteiger partial charge on any atom is -0.389 e. The summed E-state index contributed by atoms with van der Waals surface area (Å²) in [6.07, 6.45) is 3.07. The van der Waals surface area contributed by atoms with E-state index < -0.39 is 0 Å². The van der Waals surface area contributed by atoms with E-state index in [0.717, 1.165) is 30.5 Å². The van der Waals surface area contributed by atoms with Crippen molar-refractivity contribution in [2.75, 3.05) is 5.32 Å². The molecule has 5 heteroatoms. The zero-order valence-corrected chi connectivity index (χ0v) is 12.6.